The fourth-order valence-corrected chi connectivity index (χ4v) is 8.95. The van der Waals surface area contributed by atoms with Crippen LogP contribution < -0.4 is 14.2 Å². The van der Waals surface area contributed by atoms with Gasteiger partial charge in [-0.2, -0.15) is 5.06 Å². The van der Waals surface area contributed by atoms with Gasteiger partial charge in [0, 0.05) is 75.6 Å². The smallest absolute Gasteiger partial charge is 0.345 e. The minimum absolute atomic E-state index is 0.0224. The summed E-state index contributed by atoms with van der Waals surface area (Å²) in [6, 6.07) is 19.3. The Kier molecular flexibility index (Phi) is 12.5. The number of methoxy groups -OCH3 is 1. The van der Waals surface area contributed by atoms with Gasteiger partial charge in [0.2, 0.25) is 12.0 Å². The van der Waals surface area contributed by atoms with E-state index in [4.69, 9.17) is 30.8 Å². The van der Waals surface area contributed by atoms with Crippen molar-refractivity contribution in [2.24, 2.45) is 0 Å². The van der Waals surface area contributed by atoms with Crippen LogP contribution in [0.25, 0.3) is 32.7 Å². The number of hydrogen-bond donors (Lipinski definition) is 2. The van der Waals surface area contributed by atoms with Gasteiger partial charge >= 0.3 is 5.97 Å². The van der Waals surface area contributed by atoms with Gasteiger partial charge in [0.05, 0.1) is 28.6 Å². The lowest BCUT2D eigenvalue weighted by molar-refractivity contribution is -0.145. The van der Waals surface area contributed by atoms with E-state index in [0.717, 1.165) is 64.4 Å². The maximum absolute atomic E-state index is 13.1. The Balaban J connectivity index is 1.20. The highest BCUT2D eigenvalue weighted by atomic mass is 35.5. The normalized spacial score (nSPS) is 16.2. The van der Waals surface area contributed by atoms with E-state index in [-0.39, 0.29) is 18.9 Å². The number of hydroxylamine groups is 2. The summed E-state index contributed by atoms with van der Waals surface area (Å²) in [5, 5.41) is 23.3. The first-order valence-corrected chi connectivity index (χ1v) is 20.8. The van der Waals surface area contributed by atoms with E-state index < -0.39 is 12.1 Å². The van der Waals surface area contributed by atoms with Crippen molar-refractivity contribution in [3.63, 3.8) is 0 Å². The van der Waals surface area contributed by atoms with Crippen molar-refractivity contribution >= 4 is 39.1 Å². The van der Waals surface area contributed by atoms with Gasteiger partial charge in [0.25, 0.3) is 0 Å². The van der Waals surface area contributed by atoms with Crippen LogP contribution in [0.15, 0.2) is 73.2 Å². The van der Waals surface area contributed by atoms with Gasteiger partial charge in [0.15, 0.2) is 5.82 Å². The number of aliphatic carboxylic acids is 1. The fourth-order valence-electron chi connectivity index (χ4n) is 7.68. The van der Waals surface area contributed by atoms with Crippen LogP contribution in [0.1, 0.15) is 39.7 Å². The third-order valence-corrected chi connectivity index (χ3v) is 12.3. The molecule has 0 amide bonds. The molecule has 60 heavy (non-hydrogen) atoms. The topological polar surface area (TPSA) is 146 Å². The van der Waals surface area contributed by atoms with Gasteiger partial charge in [-0.3, -0.25) is 9.80 Å². The van der Waals surface area contributed by atoms with Crippen molar-refractivity contribution in [2.45, 2.75) is 46.1 Å². The fraction of sp³-hybridized carbons (Fsp3) is 0.311. The van der Waals surface area contributed by atoms with Gasteiger partial charge in [-0.05, 0) is 65.9 Å². The van der Waals surface area contributed by atoms with E-state index in [0.29, 0.717) is 70.0 Å². The summed E-state index contributed by atoms with van der Waals surface area (Å²) in [6.07, 6.45) is 1.70. The summed E-state index contributed by atoms with van der Waals surface area (Å²) < 4.78 is 18.4. The Bertz CT molecular complexity index is 2600. The minimum Gasteiger partial charge on any atom is -0.496 e. The van der Waals surface area contributed by atoms with Crippen molar-refractivity contribution in [3.05, 3.63) is 111 Å². The number of fused-ring (bicyclic) bond motifs is 6. The predicted octanol–water partition coefficient (Wildman–Crippen LogP) is 7.13. The molecule has 13 nitrogen and oxygen atoms in total. The van der Waals surface area contributed by atoms with Crippen LogP contribution >= 0.6 is 22.9 Å². The highest BCUT2D eigenvalue weighted by molar-refractivity contribution is 7.19. The molecular weight excluding hydrogens is 802 g/mol. The first-order valence-electron chi connectivity index (χ1n) is 19.7. The van der Waals surface area contributed by atoms with E-state index >= 15 is 0 Å². The zero-order valence-electron chi connectivity index (χ0n) is 33.5. The van der Waals surface area contributed by atoms with E-state index in [2.05, 4.69) is 48.7 Å². The summed E-state index contributed by atoms with van der Waals surface area (Å²) in [5.74, 6) is 6.89. The lowest BCUT2D eigenvalue weighted by Gasteiger charge is -2.33. The highest BCUT2D eigenvalue weighted by Crippen LogP contribution is 2.45. The second kappa shape index (κ2) is 18.3. The number of para-hydroxylation sites is 1. The van der Waals surface area contributed by atoms with E-state index in [1.54, 1.807) is 26.3 Å². The molecule has 0 saturated carbocycles. The molecule has 1 atom stereocenters. The lowest BCUT2D eigenvalue weighted by atomic mass is 9.96. The number of carbonyl (C=O) groups is 1. The molecule has 1 fully saturated rings. The lowest BCUT2D eigenvalue weighted by Crippen LogP contribution is -2.47. The van der Waals surface area contributed by atoms with Crippen LogP contribution in [-0.2, 0) is 30.9 Å². The zero-order valence-corrected chi connectivity index (χ0v) is 35.1. The van der Waals surface area contributed by atoms with E-state index in [1.165, 1.54) is 22.7 Å². The highest BCUT2D eigenvalue weighted by Gasteiger charge is 2.29. The molecule has 3 aliphatic rings. The Labute approximate surface area is 357 Å². The number of hydrogen-bond acceptors (Lipinski definition) is 13. The molecule has 3 aromatic heterocycles. The Morgan fingerprint density at radius 1 is 0.967 bits per heavy atom. The van der Waals surface area contributed by atoms with Crippen LogP contribution in [0.4, 0.5) is 0 Å². The van der Waals surface area contributed by atoms with Gasteiger partial charge in [-0.15, -0.1) is 17.3 Å². The standard InChI is InChI=1S/C45H44ClN7O6S/c1-4-7-38-39-33-12-11-30(41(46)28(33)2)25-52(17-16-51-18-20-53(56)21-19-51)24-29-10-13-35(58-26-32-14-15-47-42(50-32)34-8-5-6-9-36(34)57-3)31(22-29)23-37(45(54)55)59-43-40(39)44(60-38)49-27-48-43/h5-6,8-15,22,27,37,56H,16-21,23-26H2,1-3H3,(H,54,55)/t37-/m1/s1. The number of nitrogens with zero attached hydrogens (tertiary/aromatic N) is 7. The van der Waals surface area contributed by atoms with Gasteiger partial charge in [-0.1, -0.05) is 53.9 Å². The van der Waals surface area contributed by atoms with Crippen LogP contribution in [0.5, 0.6) is 17.4 Å². The maximum Gasteiger partial charge on any atom is 0.345 e. The summed E-state index contributed by atoms with van der Waals surface area (Å²) in [6.45, 7) is 9.22. The first kappa shape index (κ1) is 41.1. The predicted molar refractivity (Wildman–Crippen MR) is 230 cm³/mol. The molecule has 2 N–H and O–H groups in total. The van der Waals surface area contributed by atoms with Crippen molar-refractivity contribution in [1.82, 2.24) is 34.8 Å². The van der Waals surface area contributed by atoms with Crippen LogP contribution in [0.3, 0.4) is 0 Å². The summed E-state index contributed by atoms with van der Waals surface area (Å²) in [7, 11) is 1.61. The molecule has 0 unspecified atom stereocenters. The molecule has 1 saturated heterocycles. The second-order valence-corrected chi connectivity index (χ2v) is 16.1. The summed E-state index contributed by atoms with van der Waals surface area (Å²) in [5.41, 5.74) is 6.44. The van der Waals surface area contributed by atoms with Gasteiger partial charge in [0.1, 0.15) is 29.3 Å². The van der Waals surface area contributed by atoms with Crippen LogP contribution in [-0.4, -0.2) is 104 Å². The number of carboxylic acid groups (broad SMARTS) is 1. The van der Waals surface area contributed by atoms with Gasteiger partial charge in [-0.25, -0.2) is 24.7 Å². The minimum atomic E-state index is -1.34. The molecule has 3 aromatic carbocycles. The Morgan fingerprint density at radius 3 is 2.58 bits per heavy atom. The molecule has 3 aliphatic heterocycles. The molecule has 308 valence electrons. The Morgan fingerprint density at radius 2 is 1.78 bits per heavy atom. The second-order valence-electron chi connectivity index (χ2n) is 14.7. The molecule has 4 bridgehead atoms. The Hall–Kier alpha value is -5.66. The number of benzene rings is 3. The molecule has 9 rings (SSSR count). The SMILES string of the molecule is CC#Cc1sc2ncnc3c2c1-c1ccc(c(Cl)c1C)CN(CCN1CCN(O)CC1)Cc1ccc(OCc2ccnc(-c4ccccc4OC)n2)c(c1)C[C@H](C(=O)O)O3. The third kappa shape index (κ3) is 8.92. The number of carboxylic acids is 1. The van der Waals surface area contributed by atoms with Crippen molar-refractivity contribution in [1.29, 1.82) is 0 Å². The van der Waals surface area contributed by atoms with Crippen molar-refractivity contribution < 1.29 is 29.3 Å². The van der Waals surface area contributed by atoms with Crippen molar-refractivity contribution in [2.75, 3.05) is 46.4 Å². The number of halogens is 1. The average molecular weight is 846 g/mol. The molecule has 15 heteroatoms. The number of ether oxygens (including phenoxy) is 3. The van der Waals surface area contributed by atoms with E-state index in [1.807, 2.05) is 49.4 Å². The largest absolute Gasteiger partial charge is 0.496 e. The molecule has 0 radical (unpaired) electrons. The van der Waals surface area contributed by atoms with Crippen molar-refractivity contribution in [3.8, 4) is 51.7 Å². The van der Waals surface area contributed by atoms with Gasteiger partial charge < -0.3 is 24.5 Å². The monoisotopic (exact) mass is 845 g/mol. The molecule has 6 heterocycles. The summed E-state index contributed by atoms with van der Waals surface area (Å²) >= 11 is 8.67. The molecule has 6 aromatic rings. The molecular formula is C45H44ClN7O6S. The zero-order chi connectivity index (χ0) is 41.8. The summed E-state index contributed by atoms with van der Waals surface area (Å²) in [4.78, 5) is 37.5. The third-order valence-electron chi connectivity index (χ3n) is 10.8. The quantitative estimate of drug-likeness (QED) is 0.142. The number of thiophene rings is 1. The molecule has 0 spiro atoms. The first-order chi connectivity index (χ1) is 29.2. The van der Waals surface area contributed by atoms with E-state index in [9.17, 15) is 15.1 Å². The van der Waals surface area contributed by atoms with Crippen LogP contribution in [0.2, 0.25) is 5.02 Å². The van der Waals surface area contributed by atoms with Crippen LogP contribution in [0, 0.1) is 18.8 Å². The average Bonchev–Trinajstić information content (AvgIpc) is 3.62. The number of piperazine rings is 1. The number of rotatable bonds is 9. The number of aromatic nitrogens is 4. The molecule has 0 aliphatic carbocycles. The maximum atomic E-state index is 13.1.